The molecule has 0 atom stereocenters. The van der Waals surface area contributed by atoms with Crippen LogP contribution in [-0.4, -0.2) is 51.6 Å². The van der Waals surface area contributed by atoms with Gasteiger partial charge in [-0.25, -0.2) is 30.0 Å². The van der Waals surface area contributed by atoms with Gasteiger partial charge in [0.15, 0.2) is 0 Å². The Morgan fingerprint density at radius 1 is 0.667 bits per heavy atom. The molecule has 11 heteroatoms. The van der Waals surface area contributed by atoms with Crippen LogP contribution in [0.15, 0.2) is 52.3 Å². The molecular weight excluding hydrogens is 405 g/mol. The first kappa shape index (κ1) is 19.8. The molecule has 0 unspecified atom stereocenters. The molecule has 1 fully saturated rings. The number of nitrogens with zero attached hydrogens (tertiary/aromatic N) is 2. The summed E-state index contributed by atoms with van der Waals surface area (Å²) in [6.07, 6.45) is 0. The Bertz CT molecular complexity index is 1070. The van der Waals surface area contributed by atoms with E-state index < -0.39 is 47.3 Å². The van der Waals surface area contributed by atoms with Crippen LogP contribution >= 0.6 is 0 Å². The average molecular weight is 420 g/mol. The van der Waals surface area contributed by atoms with Crippen molar-refractivity contribution in [3.63, 3.8) is 0 Å². The second-order valence-electron chi connectivity index (χ2n) is 5.81. The number of benzene rings is 2. The predicted octanol–water partition coefficient (Wildman–Crippen LogP) is 1.80. The highest BCUT2D eigenvalue weighted by atomic mass is 32.2. The number of rotatable bonds is 4. The van der Waals surface area contributed by atoms with E-state index in [1.807, 2.05) is 0 Å². The Labute approximate surface area is 154 Å². The molecule has 0 aromatic heterocycles. The van der Waals surface area contributed by atoms with Gasteiger partial charge in [-0.15, -0.1) is 0 Å². The van der Waals surface area contributed by atoms with Crippen LogP contribution in [0.25, 0.3) is 0 Å². The summed E-state index contributed by atoms with van der Waals surface area (Å²) >= 11 is 0. The fraction of sp³-hybridized carbons (Fsp3) is 0.250. The smallest absolute Gasteiger partial charge is 0.207 e. The van der Waals surface area contributed by atoms with Crippen molar-refractivity contribution in [2.75, 3.05) is 26.2 Å². The lowest BCUT2D eigenvalue weighted by Gasteiger charge is -2.33. The van der Waals surface area contributed by atoms with Gasteiger partial charge in [0.05, 0.1) is 0 Å². The summed E-state index contributed by atoms with van der Waals surface area (Å²) in [5.41, 5.74) is 0. The Morgan fingerprint density at radius 2 is 1.15 bits per heavy atom. The summed E-state index contributed by atoms with van der Waals surface area (Å²) in [7, 11) is -8.47. The van der Waals surface area contributed by atoms with E-state index in [0.29, 0.717) is 12.1 Å². The van der Waals surface area contributed by atoms with Crippen molar-refractivity contribution in [1.82, 2.24) is 8.61 Å². The number of hydrogen-bond acceptors (Lipinski definition) is 4. The maximum absolute atomic E-state index is 13.8. The second-order valence-corrected chi connectivity index (χ2v) is 9.63. The zero-order chi connectivity index (χ0) is 19.8. The van der Waals surface area contributed by atoms with E-state index in [4.69, 9.17) is 0 Å². The van der Waals surface area contributed by atoms with E-state index in [-0.39, 0.29) is 26.2 Å². The minimum absolute atomic E-state index is 0.243. The molecule has 1 heterocycles. The Kier molecular flexibility index (Phi) is 5.30. The number of halogens is 3. The highest BCUT2D eigenvalue weighted by molar-refractivity contribution is 7.89. The van der Waals surface area contributed by atoms with Gasteiger partial charge in [0, 0.05) is 26.2 Å². The van der Waals surface area contributed by atoms with Crippen LogP contribution in [0.3, 0.4) is 0 Å². The van der Waals surface area contributed by atoms with Gasteiger partial charge in [-0.2, -0.15) is 8.61 Å². The third-order valence-electron chi connectivity index (χ3n) is 4.16. The van der Waals surface area contributed by atoms with Gasteiger partial charge in [0.25, 0.3) is 0 Å². The minimum atomic E-state index is -4.33. The Balaban J connectivity index is 1.81. The predicted molar refractivity (Wildman–Crippen MR) is 90.3 cm³/mol. The van der Waals surface area contributed by atoms with Gasteiger partial charge in [-0.1, -0.05) is 12.1 Å². The monoisotopic (exact) mass is 420 g/mol. The normalized spacial score (nSPS) is 17.1. The van der Waals surface area contributed by atoms with Crippen molar-refractivity contribution in [2.45, 2.75) is 9.79 Å². The van der Waals surface area contributed by atoms with Crippen LogP contribution < -0.4 is 0 Å². The maximum Gasteiger partial charge on any atom is 0.246 e. The Hall–Kier alpha value is -1.95. The SMILES string of the molecule is O=S(=O)(c1ccccc1F)N1CCN(S(=O)(=O)c2cc(F)ccc2F)CC1. The van der Waals surface area contributed by atoms with Crippen molar-refractivity contribution in [3.05, 3.63) is 59.9 Å². The summed E-state index contributed by atoms with van der Waals surface area (Å²) < 4.78 is 92.9. The molecular formula is C16H15F3N2O4S2. The van der Waals surface area contributed by atoms with Crippen molar-refractivity contribution in [1.29, 1.82) is 0 Å². The fourth-order valence-corrected chi connectivity index (χ4v) is 5.74. The number of sulfonamides is 2. The number of hydrogen-bond donors (Lipinski definition) is 0. The molecule has 0 N–H and O–H groups in total. The van der Waals surface area contributed by atoms with Crippen LogP contribution in [0.4, 0.5) is 13.2 Å². The summed E-state index contributed by atoms with van der Waals surface area (Å²) in [4.78, 5) is -1.31. The Morgan fingerprint density at radius 3 is 1.70 bits per heavy atom. The van der Waals surface area contributed by atoms with E-state index in [1.54, 1.807) is 0 Å². The fourth-order valence-electron chi connectivity index (χ4n) is 2.76. The first-order chi connectivity index (χ1) is 12.6. The third-order valence-corrected chi connectivity index (χ3v) is 8.01. The van der Waals surface area contributed by atoms with Crippen LogP contribution in [0, 0.1) is 17.5 Å². The highest BCUT2D eigenvalue weighted by Crippen LogP contribution is 2.24. The third kappa shape index (κ3) is 3.72. The van der Waals surface area contributed by atoms with Crippen molar-refractivity contribution >= 4 is 20.0 Å². The van der Waals surface area contributed by atoms with Crippen molar-refractivity contribution < 1.29 is 30.0 Å². The van der Waals surface area contributed by atoms with E-state index in [9.17, 15) is 30.0 Å². The largest absolute Gasteiger partial charge is 0.246 e. The summed E-state index contributed by atoms with van der Waals surface area (Å²) in [6.45, 7) is -1.03. The molecule has 0 radical (unpaired) electrons. The molecule has 146 valence electrons. The van der Waals surface area contributed by atoms with E-state index in [1.165, 1.54) is 12.1 Å². The molecule has 1 aliphatic heterocycles. The van der Waals surface area contributed by atoms with Crippen LogP contribution in [0.2, 0.25) is 0 Å². The van der Waals surface area contributed by atoms with E-state index in [2.05, 4.69) is 0 Å². The standard InChI is InChI=1S/C16H15F3N2O4S2/c17-12-5-6-14(19)16(11-12)27(24,25)21-9-7-20(8-10-21)26(22,23)15-4-2-1-3-13(15)18/h1-6,11H,7-10H2. The molecule has 0 saturated carbocycles. The van der Waals surface area contributed by atoms with Gasteiger partial charge in [-0.05, 0) is 30.3 Å². The second kappa shape index (κ2) is 7.23. The van der Waals surface area contributed by atoms with Gasteiger partial charge in [0.2, 0.25) is 20.0 Å². The van der Waals surface area contributed by atoms with Crippen LogP contribution in [-0.2, 0) is 20.0 Å². The highest BCUT2D eigenvalue weighted by Gasteiger charge is 2.35. The molecule has 3 rings (SSSR count). The van der Waals surface area contributed by atoms with Crippen molar-refractivity contribution in [2.24, 2.45) is 0 Å². The molecule has 2 aromatic rings. The molecule has 1 aliphatic rings. The molecule has 0 aliphatic carbocycles. The minimum Gasteiger partial charge on any atom is -0.207 e. The first-order valence-electron chi connectivity index (χ1n) is 7.84. The summed E-state index contributed by atoms with van der Waals surface area (Å²) in [6, 6.07) is 6.95. The topological polar surface area (TPSA) is 74.8 Å². The molecule has 6 nitrogen and oxygen atoms in total. The average Bonchev–Trinajstić information content (AvgIpc) is 2.64. The summed E-state index contributed by atoms with van der Waals surface area (Å²) in [5, 5.41) is 0. The van der Waals surface area contributed by atoms with E-state index >= 15 is 0 Å². The molecule has 2 aromatic carbocycles. The number of piperazine rings is 1. The van der Waals surface area contributed by atoms with Gasteiger partial charge in [0.1, 0.15) is 27.2 Å². The molecule has 27 heavy (non-hydrogen) atoms. The molecule has 0 bridgehead atoms. The maximum atomic E-state index is 13.8. The molecule has 0 spiro atoms. The lowest BCUT2D eigenvalue weighted by molar-refractivity contribution is 0.271. The van der Waals surface area contributed by atoms with Gasteiger partial charge >= 0.3 is 0 Å². The zero-order valence-electron chi connectivity index (χ0n) is 13.8. The molecule has 0 amide bonds. The zero-order valence-corrected chi connectivity index (χ0v) is 15.5. The van der Waals surface area contributed by atoms with Gasteiger partial charge < -0.3 is 0 Å². The van der Waals surface area contributed by atoms with Crippen LogP contribution in [0.5, 0.6) is 0 Å². The van der Waals surface area contributed by atoms with E-state index in [0.717, 1.165) is 26.8 Å². The van der Waals surface area contributed by atoms with Crippen molar-refractivity contribution in [3.8, 4) is 0 Å². The quantitative estimate of drug-likeness (QED) is 0.756. The van der Waals surface area contributed by atoms with Crippen LogP contribution in [0.1, 0.15) is 0 Å². The first-order valence-corrected chi connectivity index (χ1v) is 10.7. The molecule has 1 saturated heterocycles. The van der Waals surface area contributed by atoms with Gasteiger partial charge in [-0.3, -0.25) is 0 Å². The summed E-state index contributed by atoms with van der Waals surface area (Å²) in [5.74, 6) is -2.91. The lowest BCUT2D eigenvalue weighted by atomic mass is 10.3. The lowest BCUT2D eigenvalue weighted by Crippen LogP contribution is -2.50.